The van der Waals surface area contributed by atoms with E-state index in [0.717, 1.165) is 33.4 Å². The molecule has 0 aliphatic rings. The SMILES string of the molecule is C=CC(=O)Nc1cc(-c2cn(C)cn2)c2[nH]c(-c3ccc(F)cc3)cc2c1. The van der Waals surface area contributed by atoms with E-state index < -0.39 is 0 Å². The van der Waals surface area contributed by atoms with E-state index in [4.69, 9.17) is 0 Å². The van der Waals surface area contributed by atoms with Gasteiger partial charge in [-0.3, -0.25) is 4.79 Å². The predicted octanol–water partition coefficient (Wildman–Crippen LogP) is 4.50. The molecule has 0 radical (unpaired) electrons. The van der Waals surface area contributed by atoms with Crippen molar-refractivity contribution in [3.05, 3.63) is 73.5 Å². The molecule has 1 amide bonds. The van der Waals surface area contributed by atoms with Gasteiger partial charge in [0, 0.05) is 35.6 Å². The van der Waals surface area contributed by atoms with Crippen LogP contribution in [-0.4, -0.2) is 20.4 Å². The fraction of sp³-hybridized carbons (Fsp3) is 0.0476. The summed E-state index contributed by atoms with van der Waals surface area (Å²) >= 11 is 0. The Morgan fingerprint density at radius 1 is 1.26 bits per heavy atom. The Hall–Kier alpha value is -3.67. The fourth-order valence-corrected chi connectivity index (χ4v) is 3.05. The summed E-state index contributed by atoms with van der Waals surface area (Å²) in [6.07, 6.45) is 4.86. The second kappa shape index (κ2) is 6.57. The number of amides is 1. The first kappa shape index (κ1) is 16.8. The Balaban J connectivity index is 1.90. The minimum Gasteiger partial charge on any atom is -0.354 e. The lowest BCUT2D eigenvalue weighted by Crippen LogP contribution is -2.07. The van der Waals surface area contributed by atoms with Gasteiger partial charge in [0.2, 0.25) is 5.91 Å². The van der Waals surface area contributed by atoms with E-state index in [9.17, 15) is 9.18 Å². The van der Waals surface area contributed by atoms with Crippen molar-refractivity contribution in [2.24, 2.45) is 7.05 Å². The van der Waals surface area contributed by atoms with Gasteiger partial charge in [-0.25, -0.2) is 9.37 Å². The van der Waals surface area contributed by atoms with Gasteiger partial charge >= 0.3 is 0 Å². The third-order valence-electron chi connectivity index (χ3n) is 4.32. The molecule has 0 atom stereocenters. The lowest BCUT2D eigenvalue weighted by molar-refractivity contribution is -0.111. The summed E-state index contributed by atoms with van der Waals surface area (Å²) in [4.78, 5) is 19.6. The maximum absolute atomic E-state index is 13.2. The van der Waals surface area contributed by atoms with Gasteiger partial charge in [-0.15, -0.1) is 0 Å². The van der Waals surface area contributed by atoms with E-state index in [1.165, 1.54) is 18.2 Å². The zero-order chi connectivity index (χ0) is 19.0. The van der Waals surface area contributed by atoms with Crippen molar-refractivity contribution in [2.75, 3.05) is 5.32 Å². The minimum absolute atomic E-state index is 0.279. The zero-order valence-electron chi connectivity index (χ0n) is 14.7. The van der Waals surface area contributed by atoms with Crippen molar-refractivity contribution in [1.82, 2.24) is 14.5 Å². The van der Waals surface area contributed by atoms with Crippen molar-refractivity contribution in [2.45, 2.75) is 0 Å². The number of halogens is 1. The molecule has 0 fully saturated rings. The van der Waals surface area contributed by atoms with Crippen LogP contribution in [0.4, 0.5) is 10.1 Å². The molecule has 2 aromatic heterocycles. The largest absolute Gasteiger partial charge is 0.354 e. The number of benzene rings is 2. The Kier molecular flexibility index (Phi) is 4.08. The number of nitrogens with zero attached hydrogens (tertiary/aromatic N) is 2. The summed E-state index contributed by atoms with van der Waals surface area (Å²) in [5.41, 5.74) is 4.92. The second-order valence-electron chi connectivity index (χ2n) is 6.30. The normalized spacial score (nSPS) is 10.9. The molecule has 0 saturated heterocycles. The lowest BCUT2D eigenvalue weighted by atomic mass is 10.1. The van der Waals surface area contributed by atoms with E-state index in [1.54, 1.807) is 18.5 Å². The van der Waals surface area contributed by atoms with Gasteiger partial charge in [-0.2, -0.15) is 0 Å². The van der Waals surface area contributed by atoms with Gasteiger partial charge in [-0.05, 0) is 54.1 Å². The number of fused-ring (bicyclic) bond motifs is 1. The van der Waals surface area contributed by atoms with Crippen LogP contribution in [0.5, 0.6) is 0 Å². The van der Waals surface area contributed by atoms with E-state index in [1.807, 2.05) is 36.0 Å². The van der Waals surface area contributed by atoms with Crippen LogP contribution in [0.3, 0.4) is 0 Å². The summed E-state index contributed by atoms with van der Waals surface area (Å²) in [5, 5.41) is 3.72. The van der Waals surface area contributed by atoms with Crippen LogP contribution in [0.25, 0.3) is 33.4 Å². The molecule has 5 nitrogen and oxygen atoms in total. The maximum Gasteiger partial charge on any atom is 0.247 e. The van der Waals surface area contributed by atoms with Gasteiger partial charge in [-0.1, -0.05) is 6.58 Å². The van der Waals surface area contributed by atoms with Crippen LogP contribution in [0.15, 0.2) is 67.6 Å². The Morgan fingerprint density at radius 2 is 2.04 bits per heavy atom. The van der Waals surface area contributed by atoms with Crippen LogP contribution in [-0.2, 0) is 11.8 Å². The van der Waals surface area contributed by atoms with Crippen LogP contribution in [0.1, 0.15) is 0 Å². The summed E-state index contributed by atoms with van der Waals surface area (Å²) in [5.74, 6) is -0.561. The van der Waals surface area contributed by atoms with E-state index in [0.29, 0.717) is 5.69 Å². The molecular weight excluding hydrogens is 343 g/mol. The number of hydrogen-bond acceptors (Lipinski definition) is 2. The van der Waals surface area contributed by atoms with E-state index in [-0.39, 0.29) is 11.7 Å². The molecule has 0 spiro atoms. The first-order valence-electron chi connectivity index (χ1n) is 8.38. The Labute approximate surface area is 155 Å². The Morgan fingerprint density at radius 3 is 2.70 bits per heavy atom. The van der Waals surface area contributed by atoms with Crippen molar-refractivity contribution < 1.29 is 9.18 Å². The number of aryl methyl sites for hydroxylation is 1. The highest BCUT2D eigenvalue weighted by molar-refractivity contribution is 6.04. The monoisotopic (exact) mass is 360 g/mol. The number of anilines is 1. The molecule has 0 aliphatic carbocycles. The quantitative estimate of drug-likeness (QED) is 0.527. The van der Waals surface area contributed by atoms with Crippen molar-refractivity contribution in [3.63, 3.8) is 0 Å². The van der Waals surface area contributed by atoms with Gasteiger partial charge < -0.3 is 14.9 Å². The summed E-state index contributed by atoms with van der Waals surface area (Å²) < 4.78 is 15.1. The van der Waals surface area contributed by atoms with E-state index in [2.05, 4.69) is 21.9 Å². The van der Waals surface area contributed by atoms with Crippen molar-refractivity contribution >= 4 is 22.5 Å². The average molecular weight is 360 g/mol. The molecule has 0 unspecified atom stereocenters. The molecule has 4 rings (SSSR count). The lowest BCUT2D eigenvalue weighted by Gasteiger charge is -2.06. The number of aromatic amines is 1. The van der Waals surface area contributed by atoms with Crippen LogP contribution < -0.4 is 5.32 Å². The van der Waals surface area contributed by atoms with Crippen LogP contribution >= 0.6 is 0 Å². The highest BCUT2D eigenvalue weighted by Gasteiger charge is 2.13. The maximum atomic E-state index is 13.2. The smallest absolute Gasteiger partial charge is 0.247 e. The highest BCUT2D eigenvalue weighted by Crippen LogP contribution is 2.34. The molecule has 134 valence electrons. The fourth-order valence-electron chi connectivity index (χ4n) is 3.05. The highest BCUT2D eigenvalue weighted by atomic mass is 19.1. The number of aromatic nitrogens is 3. The molecule has 0 saturated carbocycles. The van der Waals surface area contributed by atoms with Crippen molar-refractivity contribution in [1.29, 1.82) is 0 Å². The van der Waals surface area contributed by atoms with Crippen molar-refractivity contribution in [3.8, 4) is 22.5 Å². The number of hydrogen-bond donors (Lipinski definition) is 2. The van der Waals surface area contributed by atoms with Crippen LogP contribution in [0, 0.1) is 5.82 Å². The van der Waals surface area contributed by atoms with Gasteiger partial charge in [0.05, 0.1) is 17.5 Å². The zero-order valence-corrected chi connectivity index (χ0v) is 14.7. The molecule has 0 bridgehead atoms. The average Bonchev–Trinajstić information content (AvgIpc) is 3.27. The number of imidazole rings is 1. The third kappa shape index (κ3) is 3.25. The first-order valence-corrected chi connectivity index (χ1v) is 8.38. The van der Waals surface area contributed by atoms with E-state index >= 15 is 0 Å². The molecule has 6 heteroatoms. The molecule has 2 N–H and O–H groups in total. The summed E-state index contributed by atoms with van der Waals surface area (Å²) in [6, 6.07) is 12.0. The molecule has 0 aliphatic heterocycles. The summed E-state index contributed by atoms with van der Waals surface area (Å²) in [6.45, 7) is 3.49. The molecule has 27 heavy (non-hydrogen) atoms. The molecule has 2 heterocycles. The Bertz CT molecular complexity index is 1150. The van der Waals surface area contributed by atoms with Crippen LogP contribution in [0.2, 0.25) is 0 Å². The minimum atomic E-state index is -0.282. The molecule has 2 aromatic carbocycles. The van der Waals surface area contributed by atoms with Gasteiger partial charge in [0.1, 0.15) is 5.82 Å². The summed E-state index contributed by atoms with van der Waals surface area (Å²) in [7, 11) is 1.90. The molecule has 4 aromatic rings. The second-order valence-corrected chi connectivity index (χ2v) is 6.30. The van der Waals surface area contributed by atoms with Gasteiger partial charge in [0.15, 0.2) is 0 Å². The number of carbonyl (C=O) groups excluding carboxylic acids is 1. The number of carbonyl (C=O) groups is 1. The third-order valence-corrected chi connectivity index (χ3v) is 4.32. The van der Waals surface area contributed by atoms with Gasteiger partial charge in [0.25, 0.3) is 0 Å². The standard InChI is InChI=1S/C21H17FN4O/c1-3-20(27)24-16-8-14-9-18(13-4-6-15(22)7-5-13)25-21(14)17(10-16)19-11-26(2)12-23-19/h3-12,25H,1H2,2H3,(H,24,27). The topological polar surface area (TPSA) is 62.7 Å². The first-order chi connectivity index (χ1) is 13.0. The number of nitrogens with one attached hydrogen (secondary N) is 2. The number of rotatable bonds is 4. The predicted molar refractivity (Wildman–Crippen MR) is 105 cm³/mol. The molecular formula is C21H17FN4O. The number of H-pyrrole nitrogens is 1.